The second-order valence-corrected chi connectivity index (χ2v) is 5.55. The molecular weight excluding hydrogens is 256 g/mol. The van der Waals surface area contributed by atoms with Crippen molar-refractivity contribution in [2.24, 2.45) is 0 Å². The molecule has 0 amide bonds. The molecule has 2 heterocycles. The highest BCUT2D eigenvalue weighted by atomic mass is 16.5. The van der Waals surface area contributed by atoms with Crippen molar-refractivity contribution in [2.75, 3.05) is 7.11 Å². The number of methoxy groups -OCH3 is 1. The minimum Gasteiger partial charge on any atom is -0.468 e. The molecule has 1 aliphatic rings. The van der Waals surface area contributed by atoms with Crippen molar-refractivity contribution in [3.05, 3.63) is 11.6 Å². The van der Waals surface area contributed by atoms with Gasteiger partial charge in [0.15, 0.2) is 5.82 Å². The molecule has 0 unspecified atom stereocenters. The SMILES string of the molecule is CC[C@H](N[C@H]1CCCn2nc(C(C)C)nc21)C(=O)OC. The topological polar surface area (TPSA) is 69.0 Å². The Balaban J connectivity index is 2.17. The van der Waals surface area contributed by atoms with E-state index in [0.717, 1.165) is 31.0 Å². The minimum absolute atomic E-state index is 0.0767. The number of carbonyl (C=O) groups is 1. The lowest BCUT2D eigenvalue weighted by Gasteiger charge is -2.26. The van der Waals surface area contributed by atoms with Gasteiger partial charge in [-0.25, -0.2) is 9.67 Å². The second kappa shape index (κ2) is 6.35. The quantitative estimate of drug-likeness (QED) is 0.833. The van der Waals surface area contributed by atoms with Crippen LogP contribution in [0.25, 0.3) is 0 Å². The van der Waals surface area contributed by atoms with Gasteiger partial charge in [0.25, 0.3) is 0 Å². The van der Waals surface area contributed by atoms with Crippen LogP contribution in [0.2, 0.25) is 0 Å². The average Bonchev–Trinajstić information content (AvgIpc) is 2.88. The number of carbonyl (C=O) groups excluding carboxylic acids is 1. The van der Waals surface area contributed by atoms with Crippen molar-refractivity contribution >= 4 is 5.97 Å². The van der Waals surface area contributed by atoms with Crippen molar-refractivity contribution in [2.45, 2.75) is 64.6 Å². The number of nitrogens with one attached hydrogen (secondary N) is 1. The highest BCUT2D eigenvalue weighted by molar-refractivity contribution is 5.75. The molecule has 112 valence electrons. The molecule has 20 heavy (non-hydrogen) atoms. The monoisotopic (exact) mass is 280 g/mol. The zero-order valence-electron chi connectivity index (χ0n) is 12.7. The van der Waals surface area contributed by atoms with Crippen molar-refractivity contribution in [1.29, 1.82) is 0 Å². The Morgan fingerprint density at radius 3 is 2.90 bits per heavy atom. The van der Waals surface area contributed by atoms with E-state index in [0.29, 0.717) is 12.3 Å². The van der Waals surface area contributed by atoms with Gasteiger partial charge in [-0.05, 0) is 19.3 Å². The smallest absolute Gasteiger partial charge is 0.322 e. The van der Waals surface area contributed by atoms with E-state index in [1.54, 1.807) is 0 Å². The highest BCUT2D eigenvalue weighted by Gasteiger charge is 2.29. The molecule has 2 rings (SSSR count). The summed E-state index contributed by atoms with van der Waals surface area (Å²) in [6, 6.07) is -0.205. The summed E-state index contributed by atoms with van der Waals surface area (Å²) in [6.45, 7) is 7.06. The molecule has 1 aliphatic heterocycles. The standard InChI is InChI=1S/C14H24N4O2/c1-5-10(14(19)20-4)15-11-7-6-8-18-13(11)16-12(17-18)9(2)3/h9-11,15H,5-8H2,1-4H3/t10-,11-/m0/s1. The molecule has 0 saturated heterocycles. The summed E-state index contributed by atoms with van der Waals surface area (Å²) in [5.74, 6) is 1.92. The van der Waals surface area contributed by atoms with E-state index in [1.807, 2.05) is 11.6 Å². The first-order chi connectivity index (χ1) is 9.56. The lowest BCUT2D eigenvalue weighted by Crippen LogP contribution is -2.41. The third-order valence-electron chi connectivity index (χ3n) is 3.70. The maximum absolute atomic E-state index is 11.7. The maximum Gasteiger partial charge on any atom is 0.322 e. The third-order valence-corrected chi connectivity index (χ3v) is 3.70. The van der Waals surface area contributed by atoms with Gasteiger partial charge in [0, 0.05) is 12.5 Å². The Hall–Kier alpha value is -1.43. The van der Waals surface area contributed by atoms with Crippen LogP contribution in [0.15, 0.2) is 0 Å². The number of ether oxygens (including phenoxy) is 1. The molecule has 0 aromatic carbocycles. The van der Waals surface area contributed by atoms with Gasteiger partial charge in [-0.15, -0.1) is 0 Å². The number of hydrogen-bond donors (Lipinski definition) is 1. The molecule has 0 radical (unpaired) electrons. The first-order valence-corrected chi connectivity index (χ1v) is 7.35. The summed E-state index contributed by atoms with van der Waals surface area (Å²) >= 11 is 0. The van der Waals surface area contributed by atoms with Gasteiger partial charge < -0.3 is 4.74 Å². The molecule has 0 spiro atoms. The van der Waals surface area contributed by atoms with Crippen molar-refractivity contribution in [1.82, 2.24) is 20.1 Å². The second-order valence-electron chi connectivity index (χ2n) is 5.55. The summed E-state index contributed by atoms with van der Waals surface area (Å²) in [6.07, 6.45) is 2.72. The van der Waals surface area contributed by atoms with Gasteiger partial charge in [-0.2, -0.15) is 5.10 Å². The Kier molecular flexibility index (Phi) is 4.75. The van der Waals surface area contributed by atoms with Crippen molar-refractivity contribution < 1.29 is 9.53 Å². The number of esters is 1. The van der Waals surface area contributed by atoms with Crippen molar-refractivity contribution in [3.63, 3.8) is 0 Å². The molecule has 2 atom stereocenters. The number of fused-ring (bicyclic) bond motifs is 1. The predicted octanol–water partition coefficient (Wildman–Crippen LogP) is 1.78. The van der Waals surface area contributed by atoms with Crippen LogP contribution in [-0.4, -0.2) is 33.9 Å². The van der Waals surface area contributed by atoms with E-state index in [2.05, 4.69) is 29.2 Å². The molecule has 0 saturated carbocycles. The van der Waals surface area contributed by atoms with Gasteiger partial charge in [-0.1, -0.05) is 20.8 Å². The molecule has 1 N–H and O–H groups in total. The third kappa shape index (κ3) is 3.00. The Morgan fingerprint density at radius 2 is 2.30 bits per heavy atom. The lowest BCUT2D eigenvalue weighted by molar-refractivity contribution is -0.143. The number of rotatable bonds is 5. The fraction of sp³-hybridized carbons (Fsp3) is 0.786. The molecule has 1 aromatic rings. The van der Waals surface area contributed by atoms with E-state index in [-0.39, 0.29) is 18.1 Å². The Bertz CT molecular complexity index is 470. The van der Waals surface area contributed by atoms with Crippen LogP contribution in [-0.2, 0) is 16.1 Å². The van der Waals surface area contributed by atoms with Gasteiger partial charge in [0.05, 0.1) is 13.2 Å². The summed E-state index contributed by atoms with van der Waals surface area (Å²) in [7, 11) is 1.42. The summed E-state index contributed by atoms with van der Waals surface area (Å²) in [4.78, 5) is 16.4. The molecule has 0 aliphatic carbocycles. The molecular formula is C14H24N4O2. The number of nitrogens with zero attached hydrogens (tertiary/aromatic N) is 3. The van der Waals surface area contributed by atoms with Crippen LogP contribution >= 0.6 is 0 Å². The van der Waals surface area contributed by atoms with E-state index < -0.39 is 0 Å². The van der Waals surface area contributed by atoms with Gasteiger partial charge in [0.1, 0.15) is 11.9 Å². The summed E-state index contributed by atoms with van der Waals surface area (Å²) < 4.78 is 6.80. The first-order valence-electron chi connectivity index (χ1n) is 7.35. The van der Waals surface area contributed by atoms with Crippen LogP contribution in [0.4, 0.5) is 0 Å². The zero-order chi connectivity index (χ0) is 14.7. The summed E-state index contributed by atoms with van der Waals surface area (Å²) in [5.41, 5.74) is 0. The van der Waals surface area contributed by atoms with E-state index >= 15 is 0 Å². The number of aryl methyl sites for hydroxylation is 1. The largest absolute Gasteiger partial charge is 0.468 e. The lowest BCUT2D eigenvalue weighted by atomic mass is 10.1. The molecule has 0 fully saturated rings. The predicted molar refractivity (Wildman–Crippen MR) is 75.3 cm³/mol. The van der Waals surface area contributed by atoms with E-state index in [9.17, 15) is 4.79 Å². The van der Waals surface area contributed by atoms with Crippen LogP contribution in [0.1, 0.15) is 63.6 Å². The summed E-state index contributed by atoms with van der Waals surface area (Å²) in [5, 5.41) is 7.91. The van der Waals surface area contributed by atoms with Crippen LogP contribution in [0, 0.1) is 0 Å². The molecule has 6 heteroatoms. The fourth-order valence-electron chi connectivity index (χ4n) is 2.51. The molecule has 0 bridgehead atoms. The van der Waals surface area contributed by atoms with E-state index in [1.165, 1.54) is 7.11 Å². The van der Waals surface area contributed by atoms with Crippen molar-refractivity contribution in [3.8, 4) is 0 Å². The highest BCUT2D eigenvalue weighted by Crippen LogP contribution is 2.25. The normalized spacial score (nSPS) is 19.8. The van der Waals surface area contributed by atoms with Gasteiger partial charge >= 0.3 is 5.97 Å². The van der Waals surface area contributed by atoms with Gasteiger partial charge in [-0.3, -0.25) is 10.1 Å². The van der Waals surface area contributed by atoms with Crippen LogP contribution in [0.3, 0.4) is 0 Å². The zero-order valence-corrected chi connectivity index (χ0v) is 12.7. The maximum atomic E-state index is 11.7. The average molecular weight is 280 g/mol. The number of hydrogen-bond acceptors (Lipinski definition) is 5. The molecule has 1 aromatic heterocycles. The van der Waals surface area contributed by atoms with Gasteiger partial charge in [0.2, 0.25) is 0 Å². The fourth-order valence-corrected chi connectivity index (χ4v) is 2.51. The first kappa shape index (κ1) is 15.0. The molecule has 6 nitrogen and oxygen atoms in total. The Morgan fingerprint density at radius 1 is 1.55 bits per heavy atom. The minimum atomic E-state index is -0.282. The Labute approximate surface area is 119 Å². The van der Waals surface area contributed by atoms with E-state index in [4.69, 9.17) is 4.74 Å². The number of aromatic nitrogens is 3. The van der Waals surface area contributed by atoms with Crippen LogP contribution < -0.4 is 5.32 Å². The van der Waals surface area contributed by atoms with Crippen LogP contribution in [0.5, 0.6) is 0 Å².